The van der Waals surface area contributed by atoms with E-state index < -0.39 is 0 Å². The molecule has 0 radical (unpaired) electrons. The topological polar surface area (TPSA) is 51.0 Å². The van der Waals surface area contributed by atoms with Gasteiger partial charge in [-0.2, -0.15) is 4.98 Å². The zero-order chi connectivity index (χ0) is 15.5. The van der Waals surface area contributed by atoms with Gasteiger partial charge in [-0.25, -0.2) is 0 Å². The summed E-state index contributed by atoms with van der Waals surface area (Å²) in [5.74, 6) is 3.08. The number of nitrogens with one attached hydrogen (secondary N) is 1. The summed E-state index contributed by atoms with van der Waals surface area (Å²) in [5.41, 5.74) is 0.186. The van der Waals surface area contributed by atoms with Gasteiger partial charge in [0.15, 0.2) is 5.82 Å². The molecule has 1 aromatic heterocycles. The minimum atomic E-state index is 0.186. The van der Waals surface area contributed by atoms with Crippen LogP contribution >= 0.6 is 0 Å². The van der Waals surface area contributed by atoms with Crippen molar-refractivity contribution in [1.29, 1.82) is 0 Å². The van der Waals surface area contributed by atoms with Gasteiger partial charge in [0.05, 0.1) is 0 Å². The minimum Gasteiger partial charge on any atom is -0.339 e. The Morgan fingerprint density at radius 2 is 2.05 bits per heavy atom. The smallest absolute Gasteiger partial charge is 0.228 e. The Bertz CT molecular complexity index is 435. The highest BCUT2D eigenvalue weighted by Gasteiger charge is 2.30. The van der Waals surface area contributed by atoms with Crippen LogP contribution in [0.5, 0.6) is 0 Å². The molecular weight excluding hydrogens is 262 g/mol. The fourth-order valence-electron chi connectivity index (χ4n) is 3.30. The highest BCUT2D eigenvalue weighted by molar-refractivity contribution is 5.01. The third kappa shape index (κ3) is 4.29. The van der Waals surface area contributed by atoms with Gasteiger partial charge in [0.1, 0.15) is 0 Å². The van der Waals surface area contributed by atoms with Crippen molar-refractivity contribution in [1.82, 2.24) is 15.5 Å². The number of rotatable bonds is 6. The first-order chi connectivity index (χ1) is 9.94. The average molecular weight is 293 g/mol. The van der Waals surface area contributed by atoms with E-state index in [1.54, 1.807) is 0 Å². The van der Waals surface area contributed by atoms with Crippen LogP contribution in [0.3, 0.4) is 0 Å². The first kappa shape index (κ1) is 16.5. The summed E-state index contributed by atoms with van der Waals surface area (Å²) in [4.78, 5) is 4.68. The highest BCUT2D eigenvalue weighted by Crippen LogP contribution is 2.38. The Labute approximate surface area is 129 Å². The van der Waals surface area contributed by atoms with Gasteiger partial charge in [0, 0.05) is 18.4 Å². The fraction of sp³-hybridized carbons (Fsp3) is 0.882. The van der Waals surface area contributed by atoms with Gasteiger partial charge in [-0.3, -0.25) is 0 Å². The molecule has 1 saturated carbocycles. The average Bonchev–Trinajstić information content (AvgIpc) is 3.05. The van der Waals surface area contributed by atoms with Gasteiger partial charge in [0.2, 0.25) is 5.89 Å². The van der Waals surface area contributed by atoms with Gasteiger partial charge in [-0.1, -0.05) is 46.2 Å². The molecule has 1 aromatic rings. The summed E-state index contributed by atoms with van der Waals surface area (Å²) >= 11 is 0. The minimum absolute atomic E-state index is 0.186. The zero-order valence-electron chi connectivity index (χ0n) is 14.3. The summed E-state index contributed by atoms with van der Waals surface area (Å²) in [5, 5.41) is 7.79. The van der Waals surface area contributed by atoms with Gasteiger partial charge >= 0.3 is 0 Å². The number of hydrogen-bond donors (Lipinski definition) is 1. The molecule has 0 bridgehead atoms. The predicted molar refractivity (Wildman–Crippen MR) is 85.3 cm³/mol. The van der Waals surface area contributed by atoms with Crippen molar-refractivity contribution in [3.8, 4) is 0 Å². The molecule has 3 atom stereocenters. The van der Waals surface area contributed by atoms with Crippen molar-refractivity contribution in [3.63, 3.8) is 0 Å². The number of nitrogens with zero attached hydrogens (tertiary/aromatic N) is 2. The zero-order valence-corrected chi connectivity index (χ0v) is 14.3. The second-order valence-electron chi connectivity index (χ2n) is 7.51. The van der Waals surface area contributed by atoms with Crippen LogP contribution in [0, 0.1) is 11.3 Å². The number of hydrogen-bond acceptors (Lipinski definition) is 4. The molecule has 2 rings (SSSR count). The quantitative estimate of drug-likeness (QED) is 0.863. The molecule has 0 spiro atoms. The third-order valence-electron chi connectivity index (χ3n) is 4.84. The lowest BCUT2D eigenvalue weighted by Crippen LogP contribution is -2.41. The predicted octanol–water partition coefficient (Wildman–Crippen LogP) is 3.93. The Hall–Kier alpha value is -0.900. The lowest BCUT2D eigenvalue weighted by Gasteiger charge is -2.30. The van der Waals surface area contributed by atoms with E-state index in [-0.39, 0.29) is 5.41 Å². The summed E-state index contributed by atoms with van der Waals surface area (Å²) < 4.78 is 5.52. The monoisotopic (exact) mass is 293 g/mol. The molecule has 0 saturated heterocycles. The lowest BCUT2D eigenvalue weighted by atomic mass is 9.84. The van der Waals surface area contributed by atoms with E-state index in [4.69, 9.17) is 4.52 Å². The number of aromatic nitrogens is 2. The van der Waals surface area contributed by atoms with Crippen molar-refractivity contribution >= 4 is 0 Å². The van der Waals surface area contributed by atoms with Crippen LogP contribution in [-0.4, -0.2) is 22.7 Å². The van der Waals surface area contributed by atoms with Crippen LogP contribution in [0.1, 0.15) is 77.9 Å². The summed E-state index contributed by atoms with van der Waals surface area (Å²) in [6, 6.07) is 0.364. The lowest BCUT2D eigenvalue weighted by molar-refractivity contribution is 0.247. The van der Waals surface area contributed by atoms with Crippen molar-refractivity contribution in [2.45, 2.75) is 78.7 Å². The Balaban J connectivity index is 1.99. The van der Waals surface area contributed by atoms with Crippen molar-refractivity contribution < 1.29 is 4.52 Å². The third-order valence-corrected chi connectivity index (χ3v) is 4.84. The molecule has 1 N–H and O–H groups in total. The SMILES string of the molecule is CCNC(Cc1nc(C2CCC(CC)C2)no1)C(C)(C)C. The van der Waals surface area contributed by atoms with Gasteiger partial charge in [-0.05, 0) is 37.1 Å². The van der Waals surface area contributed by atoms with Gasteiger partial charge < -0.3 is 9.84 Å². The fourth-order valence-corrected chi connectivity index (χ4v) is 3.30. The summed E-state index contributed by atoms with van der Waals surface area (Å²) in [6.07, 6.45) is 5.84. The molecule has 1 aliphatic carbocycles. The molecule has 21 heavy (non-hydrogen) atoms. The van der Waals surface area contributed by atoms with Crippen LogP contribution in [0.15, 0.2) is 4.52 Å². The van der Waals surface area contributed by atoms with Crippen LogP contribution < -0.4 is 5.32 Å². The molecule has 4 heteroatoms. The first-order valence-electron chi connectivity index (χ1n) is 8.49. The van der Waals surface area contributed by atoms with E-state index in [2.05, 4.69) is 50.1 Å². The van der Waals surface area contributed by atoms with Crippen LogP contribution in [-0.2, 0) is 6.42 Å². The molecule has 1 fully saturated rings. The summed E-state index contributed by atoms with van der Waals surface area (Å²) in [6.45, 7) is 12.1. The van der Waals surface area contributed by atoms with E-state index in [1.807, 2.05) is 0 Å². The maximum absolute atomic E-state index is 5.52. The van der Waals surface area contributed by atoms with Gasteiger partial charge in [-0.15, -0.1) is 0 Å². The van der Waals surface area contributed by atoms with E-state index in [9.17, 15) is 0 Å². The highest BCUT2D eigenvalue weighted by atomic mass is 16.5. The van der Waals surface area contributed by atoms with Gasteiger partial charge in [0.25, 0.3) is 0 Å². The van der Waals surface area contributed by atoms with Crippen molar-refractivity contribution in [2.24, 2.45) is 11.3 Å². The first-order valence-corrected chi connectivity index (χ1v) is 8.49. The molecule has 3 unspecified atom stereocenters. The van der Waals surface area contributed by atoms with Crippen molar-refractivity contribution in [3.05, 3.63) is 11.7 Å². The Morgan fingerprint density at radius 1 is 1.29 bits per heavy atom. The van der Waals surface area contributed by atoms with E-state index >= 15 is 0 Å². The molecular formula is C17H31N3O. The second kappa shape index (κ2) is 6.91. The molecule has 0 aromatic carbocycles. The second-order valence-corrected chi connectivity index (χ2v) is 7.51. The Kier molecular flexibility index (Phi) is 5.42. The molecule has 1 heterocycles. The van der Waals surface area contributed by atoms with Crippen LogP contribution in [0.2, 0.25) is 0 Å². The molecule has 0 amide bonds. The molecule has 4 nitrogen and oxygen atoms in total. The number of likely N-dealkylation sites (N-methyl/N-ethyl adjacent to an activating group) is 1. The maximum atomic E-state index is 5.52. The Morgan fingerprint density at radius 3 is 2.62 bits per heavy atom. The standard InChI is InChI=1S/C17H31N3O/c1-6-12-8-9-13(10-12)16-19-15(21-20-16)11-14(18-7-2)17(3,4)5/h12-14,18H,6-11H2,1-5H3. The molecule has 0 aliphatic heterocycles. The van der Waals surface area contributed by atoms with E-state index in [0.29, 0.717) is 12.0 Å². The van der Waals surface area contributed by atoms with Crippen LogP contribution in [0.4, 0.5) is 0 Å². The molecule has 120 valence electrons. The largest absolute Gasteiger partial charge is 0.339 e. The van der Waals surface area contributed by atoms with E-state index in [0.717, 1.165) is 30.6 Å². The maximum Gasteiger partial charge on any atom is 0.228 e. The van der Waals surface area contributed by atoms with E-state index in [1.165, 1.54) is 25.7 Å². The summed E-state index contributed by atoms with van der Waals surface area (Å²) in [7, 11) is 0. The van der Waals surface area contributed by atoms with Crippen LogP contribution in [0.25, 0.3) is 0 Å². The van der Waals surface area contributed by atoms with Crippen molar-refractivity contribution in [2.75, 3.05) is 6.54 Å². The normalized spacial score (nSPS) is 24.4. The molecule has 1 aliphatic rings.